The highest BCUT2D eigenvalue weighted by Crippen LogP contribution is 2.31. The Labute approximate surface area is 141 Å². The molecule has 0 spiro atoms. The molecule has 0 aromatic heterocycles. The van der Waals surface area contributed by atoms with Crippen molar-refractivity contribution in [3.8, 4) is 0 Å². The van der Waals surface area contributed by atoms with Crippen molar-refractivity contribution in [1.29, 1.82) is 0 Å². The van der Waals surface area contributed by atoms with E-state index in [1.54, 1.807) is 23.1 Å². The van der Waals surface area contributed by atoms with Crippen molar-refractivity contribution < 1.29 is 14.4 Å². The van der Waals surface area contributed by atoms with Crippen LogP contribution in [-0.4, -0.2) is 27.6 Å². The molecule has 1 amide bonds. The summed E-state index contributed by atoms with van der Waals surface area (Å²) in [4.78, 5) is 13.6. The number of benzene rings is 2. The maximum atomic E-state index is 13.8. The van der Waals surface area contributed by atoms with Crippen molar-refractivity contribution in [3.63, 3.8) is 0 Å². The largest absolute Gasteiger partial charge is 0.284 e. The molecule has 1 fully saturated rings. The first-order chi connectivity index (χ1) is 10.6. The monoisotopic (exact) mass is 412 g/mol. The highest BCUT2D eigenvalue weighted by atomic mass is 127. The Morgan fingerprint density at radius 3 is 2.73 bits per heavy atom. The second-order valence-electron chi connectivity index (χ2n) is 5.16. The van der Waals surface area contributed by atoms with Gasteiger partial charge in [0.25, 0.3) is 5.91 Å². The molecule has 1 saturated heterocycles. The van der Waals surface area contributed by atoms with Gasteiger partial charge in [-0.3, -0.25) is 14.9 Å². The van der Waals surface area contributed by atoms with Crippen LogP contribution in [-0.2, 0) is 11.3 Å². The Hall–Kier alpha value is -1.51. The summed E-state index contributed by atoms with van der Waals surface area (Å²) in [6.07, 6.45) is -0.596. The third kappa shape index (κ3) is 2.99. The normalized spacial score (nSPS) is 19.0. The van der Waals surface area contributed by atoms with Crippen molar-refractivity contribution in [2.24, 2.45) is 0 Å². The molecule has 22 heavy (non-hydrogen) atoms. The Morgan fingerprint density at radius 1 is 1.23 bits per heavy atom. The minimum atomic E-state index is -0.596. The molecule has 0 bridgehead atoms. The molecule has 1 unspecified atom stereocenters. The third-order valence-electron chi connectivity index (χ3n) is 3.65. The van der Waals surface area contributed by atoms with Gasteiger partial charge in [0.1, 0.15) is 12.0 Å². The molecule has 0 radical (unpaired) electrons. The van der Waals surface area contributed by atoms with Gasteiger partial charge in [-0.15, -0.1) is 0 Å². The van der Waals surface area contributed by atoms with Crippen molar-refractivity contribution in [2.45, 2.75) is 12.7 Å². The van der Waals surface area contributed by atoms with Crippen molar-refractivity contribution in [1.82, 2.24) is 9.96 Å². The summed E-state index contributed by atoms with van der Waals surface area (Å²) in [5, 5.41) is 10.8. The van der Waals surface area contributed by atoms with Crippen molar-refractivity contribution >= 4 is 28.5 Å². The zero-order valence-corrected chi connectivity index (χ0v) is 13.8. The van der Waals surface area contributed by atoms with Crippen LogP contribution in [0.4, 0.5) is 4.39 Å². The average molecular weight is 412 g/mol. The number of carbonyl (C=O) groups excluding carboxylic acids is 1. The summed E-state index contributed by atoms with van der Waals surface area (Å²) in [6.45, 7) is 0.312. The molecule has 6 heteroatoms. The first-order valence-corrected chi connectivity index (χ1v) is 7.88. The standard InChI is InChI=1S/C16H14FIN2O2/c17-14-7-2-1-4-12(14)9-19-10-15(21)20(22)16(19)11-5-3-6-13(18)8-11/h1-8,16,22H,9-10H2. The lowest BCUT2D eigenvalue weighted by Crippen LogP contribution is -2.29. The van der Waals surface area contributed by atoms with E-state index in [2.05, 4.69) is 22.6 Å². The quantitative estimate of drug-likeness (QED) is 0.623. The Balaban J connectivity index is 1.92. The van der Waals surface area contributed by atoms with Crippen LogP contribution in [0, 0.1) is 9.39 Å². The lowest BCUT2D eigenvalue weighted by atomic mass is 10.1. The molecule has 0 aliphatic carbocycles. The van der Waals surface area contributed by atoms with E-state index in [1.807, 2.05) is 24.3 Å². The zero-order valence-electron chi connectivity index (χ0n) is 11.6. The van der Waals surface area contributed by atoms with E-state index < -0.39 is 6.17 Å². The molecule has 3 rings (SSSR count). The van der Waals surface area contributed by atoms with Crippen LogP contribution in [0.5, 0.6) is 0 Å². The van der Waals surface area contributed by atoms with Gasteiger partial charge in [0.15, 0.2) is 0 Å². The fourth-order valence-corrected chi connectivity index (χ4v) is 3.20. The predicted octanol–water partition coefficient (Wildman–Crippen LogP) is 3.16. The van der Waals surface area contributed by atoms with Gasteiger partial charge in [-0.05, 0) is 46.4 Å². The highest BCUT2D eigenvalue weighted by molar-refractivity contribution is 14.1. The number of rotatable bonds is 3. The van der Waals surface area contributed by atoms with Gasteiger partial charge >= 0.3 is 0 Å². The first kappa shape index (κ1) is 15.4. The molecule has 1 aliphatic heterocycles. The van der Waals surface area contributed by atoms with Crippen molar-refractivity contribution in [3.05, 3.63) is 69.0 Å². The van der Waals surface area contributed by atoms with Gasteiger partial charge in [0, 0.05) is 15.7 Å². The smallest absolute Gasteiger partial charge is 0.262 e. The lowest BCUT2D eigenvalue weighted by Gasteiger charge is -2.26. The van der Waals surface area contributed by atoms with Crippen LogP contribution in [0.25, 0.3) is 0 Å². The molecule has 0 saturated carbocycles. The fraction of sp³-hybridized carbons (Fsp3) is 0.188. The molecule has 114 valence electrons. The van der Waals surface area contributed by atoms with Gasteiger partial charge < -0.3 is 0 Å². The summed E-state index contributed by atoms with van der Waals surface area (Å²) in [6, 6.07) is 14.0. The van der Waals surface area contributed by atoms with E-state index in [-0.39, 0.29) is 24.8 Å². The van der Waals surface area contributed by atoms with Gasteiger partial charge in [-0.25, -0.2) is 9.45 Å². The number of hydroxylamine groups is 2. The number of nitrogens with zero attached hydrogens (tertiary/aromatic N) is 2. The van der Waals surface area contributed by atoms with Crippen LogP contribution in [0.2, 0.25) is 0 Å². The SMILES string of the molecule is O=C1CN(Cc2ccccc2F)C(c2cccc(I)c2)N1O. The van der Waals surface area contributed by atoms with E-state index in [0.717, 1.165) is 14.2 Å². The number of carbonyl (C=O) groups is 1. The highest BCUT2D eigenvalue weighted by Gasteiger charge is 2.38. The van der Waals surface area contributed by atoms with E-state index >= 15 is 0 Å². The van der Waals surface area contributed by atoms with Gasteiger partial charge in [0.05, 0.1) is 6.54 Å². The summed E-state index contributed by atoms with van der Waals surface area (Å²) < 4.78 is 14.9. The molecule has 1 aliphatic rings. The second-order valence-corrected chi connectivity index (χ2v) is 6.41. The Bertz CT molecular complexity index is 710. The number of hydrogen-bond donors (Lipinski definition) is 1. The lowest BCUT2D eigenvalue weighted by molar-refractivity contribution is -0.170. The van der Waals surface area contributed by atoms with Crippen LogP contribution >= 0.6 is 22.6 Å². The third-order valence-corrected chi connectivity index (χ3v) is 4.32. The van der Waals surface area contributed by atoms with Crippen LogP contribution in [0.1, 0.15) is 17.3 Å². The predicted molar refractivity (Wildman–Crippen MR) is 87.3 cm³/mol. The van der Waals surface area contributed by atoms with Gasteiger partial charge in [-0.1, -0.05) is 30.3 Å². The Morgan fingerprint density at radius 2 is 2.00 bits per heavy atom. The maximum absolute atomic E-state index is 13.8. The zero-order chi connectivity index (χ0) is 15.7. The summed E-state index contributed by atoms with van der Waals surface area (Å²) >= 11 is 2.18. The fourth-order valence-electron chi connectivity index (χ4n) is 2.63. The van der Waals surface area contributed by atoms with E-state index in [1.165, 1.54) is 6.07 Å². The summed E-state index contributed by atoms with van der Waals surface area (Å²) in [5.41, 5.74) is 1.30. The van der Waals surface area contributed by atoms with E-state index in [9.17, 15) is 14.4 Å². The molecule has 2 aromatic rings. The Kier molecular flexibility index (Phi) is 4.42. The molecule has 4 nitrogen and oxygen atoms in total. The van der Waals surface area contributed by atoms with E-state index in [4.69, 9.17) is 0 Å². The molecule has 2 aromatic carbocycles. The number of halogens is 2. The molecular formula is C16H14FIN2O2. The summed E-state index contributed by atoms with van der Waals surface area (Å²) in [7, 11) is 0. The maximum Gasteiger partial charge on any atom is 0.262 e. The van der Waals surface area contributed by atoms with Crippen molar-refractivity contribution in [2.75, 3.05) is 6.54 Å². The first-order valence-electron chi connectivity index (χ1n) is 6.80. The molecular weight excluding hydrogens is 398 g/mol. The topological polar surface area (TPSA) is 43.8 Å². The molecule has 1 heterocycles. The van der Waals surface area contributed by atoms with Crippen LogP contribution in [0.3, 0.4) is 0 Å². The minimum Gasteiger partial charge on any atom is -0.284 e. The average Bonchev–Trinajstić information content (AvgIpc) is 2.76. The minimum absolute atomic E-state index is 0.0565. The summed E-state index contributed by atoms with van der Waals surface area (Å²) in [5.74, 6) is -0.701. The number of amides is 1. The molecule has 1 N–H and O–H groups in total. The van der Waals surface area contributed by atoms with E-state index in [0.29, 0.717) is 5.56 Å². The molecule has 1 atom stereocenters. The number of hydrogen-bond acceptors (Lipinski definition) is 3. The van der Waals surface area contributed by atoms with Gasteiger partial charge in [-0.2, -0.15) is 0 Å². The van der Waals surface area contributed by atoms with Crippen LogP contribution in [0.15, 0.2) is 48.5 Å². The second kappa shape index (κ2) is 6.31. The van der Waals surface area contributed by atoms with Gasteiger partial charge in [0.2, 0.25) is 0 Å². The van der Waals surface area contributed by atoms with Crippen LogP contribution < -0.4 is 0 Å².